The van der Waals surface area contributed by atoms with E-state index in [1.54, 1.807) is 0 Å². The third-order valence-electron chi connectivity index (χ3n) is 5.21. The zero-order chi connectivity index (χ0) is 21.2. The molecule has 2 heterocycles. The summed E-state index contributed by atoms with van der Waals surface area (Å²) >= 11 is 0. The van der Waals surface area contributed by atoms with Crippen LogP contribution in [-0.2, 0) is 4.79 Å². The first kappa shape index (κ1) is 18.9. The number of benzene rings is 3. The van der Waals surface area contributed by atoms with E-state index in [-0.39, 0.29) is 12.7 Å². The molecule has 2 aliphatic rings. The molecule has 2 aliphatic heterocycles. The lowest BCUT2D eigenvalue weighted by Gasteiger charge is -2.12. The van der Waals surface area contributed by atoms with Crippen molar-refractivity contribution in [1.29, 1.82) is 0 Å². The van der Waals surface area contributed by atoms with Crippen molar-refractivity contribution >= 4 is 29.0 Å². The number of hydrogen-bond donors (Lipinski definition) is 0. The molecule has 31 heavy (non-hydrogen) atoms. The van der Waals surface area contributed by atoms with Gasteiger partial charge >= 0.3 is 0 Å². The highest BCUT2D eigenvalue weighted by Gasteiger charge is 2.31. The second kappa shape index (κ2) is 7.95. The lowest BCUT2D eigenvalue weighted by atomic mass is 9.96. The van der Waals surface area contributed by atoms with Crippen molar-refractivity contribution in [1.82, 2.24) is 0 Å². The Bertz CT molecular complexity index is 1230. The molecular weight excluding hydrogens is 388 g/mol. The highest BCUT2D eigenvalue weighted by molar-refractivity contribution is 6.34. The van der Waals surface area contributed by atoms with Gasteiger partial charge in [-0.1, -0.05) is 66.7 Å². The average molecular weight is 408 g/mol. The lowest BCUT2D eigenvalue weighted by Crippen LogP contribution is -2.21. The summed E-state index contributed by atoms with van der Waals surface area (Å²) in [6.45, 7) is 2.11. The SMILES string of the molecule is CC1=NN(c2ccccc2)C(=O)/C1=C(\C=C\c1ccc2c(c1)OCO2)c1ccccc1. The molecule has 0 saturated heterocycles. The second-order valence-corrected chi connectivity index (χ2v) is 7.24. The summed E-state index contributed by atoms with van der Waals surface area (Å²) in [5.74, 6) is 1.32. The average Bonchev–Trinajstić information content (AvgIpc) is 3.39. The summed E-state index contributed by atoms with van der Waals surface area (Å²) in [5, 5.41) is 6.00. The van der Waals surface area contributed by atoms with Gasteiger partial charge in [0.2, 0.25) is 6.79 Å². The van der Waals surface area contributed by atoms with Crippen molar-refractivity contribution in [3.05, 3.63) is 102 Å². The highest BCUT2D eigenvalue weighted by Crippen LogP contribution is 2.34. The number of rotatable bonds is 4. The smallest absolute Gasteiger partial charge is 0.281 e. The van der Waals surface area contributed by atoms with Gasteiger partial charge in [-0.25, -0.2) is 0 Å². The fourth-order valence-electron chi connectivity index (χ4n) is 3.70. The van der Waals surface area contributed by atoms with E-state index in [4.69, 9.17) is 9.47 Å². The molecular formula is C26H20N2O3. The van der Waals surface area contributed by atoms with Gasteiger partial charge in [0.1, 0.15) is 0 Å². The maximum Gasteiger partial charge on any atom is 0.281 e. The van der Waals surface area contributed by atoms with Gasteiger partial charge in [0.25, 0.3) is 5.91 Å². The fraction of sp³-hybridized carbons (Fsp3) is 0.0769. The van der Waals surface area contributed by atoms with Gasteiger partial charge in [-0.3, -0.25) is 4.79 Å². The van der Waals surface area contributed by atoms with E-state index in [1.165, 1.54) is 5.01 Å². The molecule has 0 spiro atoms. The molecule has 0 bridgehead atoms. The number of nitrogens with zero attached hydrogens (tertiary/aromatic N) is 2. The largest absolute Gasteiger partial charge is 0.454 e. The van der Waals surface area contributed by atoms with Crippen LogP contribution in [0.25, 0.3) is 11.6 Å². The molecule has 5 heteroatoms. The first-order valence-corrected chi connectivity index (χ1v) is 10.0. The van der Waals surface area contributed by atoms with Crippen molar-refractivity contribution in [2.24, 2.45) is 5.10 Å². The Hall–Kier alpha value is -4.12. The topological polar surface area (TPSA) is 51.1 Å². The van der Waals surface area contributed by atoms with E-state index < -0.39 is 0 Å². The first-order valence-electron chi connectivity index (χ1n) is 10.0. The van der Waals surface area contributed by atoms with Crippen LogP contribution < -0.4 is 14.5 Å². The molecule has 1 amide bonds. The predicted molar refractivity (Wildman–Crippen MR) is 122 cm³/mol. The van der Waals surface area contributed by atoms with Gasteiger partial charge in [-0.05, 0) is 47.9 Å². The van der Waals surface area contributed by atoms with E-state index >= 15 is 0 Å². The minimum atomic E-state index is -0.141. The van der Waals surface area contributed by atoms with Crippen molar-refractivity contribution in [2.45, 2.75) is 6.92 Å². The molecule has 0 radical (unpaired) electrons. The van der Waals surface area contributed by atoms with Crippen LogP contribution in [0.1, 0.15) is 18.1 Å². The summed E-state index contributed by atoms with van der Waals surface area (Å²) in [5.41, 5.74) is 4.75. The molecule has 0 atom stereocenters. The maximum atomic E-state index is 13.4. The van der Waals surface area contributed by atoms with Gasteiger partial charge in [-0.15, -0.1) is 0 Å². The number of hydrazone groups is 1. The Balaban J connectivity index is 1.58. The van der Waals surface area contributed by atoms with Crippen molar-refractivity contribution < 1.29 is 14.3 Å². The van der Waals surface area contributed by atoms with Crippen LogP contribution in [0.5, 0.6) is 11.5 Å². The zero-order valence-corrected chi connectivity index (χ0v) is 17.0. The number of fused-ring (bicyclic) bond motifs is 1. The Morgan fingerprint density at radius 3 is 2.42 bits per heavy atom. The van der Waals surface area contributed by atoms with E-state index in [1.807, 2.05) is 97.9 Å². The standard InChI is InChI=1S/C26H20N2O3/c1-18-25(26(29)28(27-18)21-10-6-3-7-11-21)22(20-8-4-2-5-9-20)14-12-19-13-15-23-24(16-19)31-17-30-23/h2-16H,17H2,1H3/b14-12+,25-22+. The first-order chi connectivity index (χ1) is 15.2. The number of hydrogen-bond acceptors (Lipinski definition) is 4. The zero-order valence-electron chi connectivity index (χ0n) is 17.0. The summed E-state index contributed by atoms with van der Waals surface area (Å²) in [6, 6.07) is 25.1. The van der Waals surface area contributed by atoms with E-state index in [9.17, 15) is 4.79 Å². The molecule has 5 nitrogen and oxygen atoms in total. The van der Waals surface area contributed by atoms with Crippen molar-refractivity contribution in [3.8, 4) is 11.5 Å². The lowest BCUT2D eigenvalue weighted by molar-refractivity contribution is -0.114. The van der Waals surface area contributed by atoms with Gasteiger partial charge in [0.05, 0.1) is 17.0 Å². The van der Waals surface area contributed by atoms with E-state index in [2.05, 4.69) is 5.10 Å². The van der Waals surface area contributed by atoms with Gasteiger partial charge in [0, 0.05) is 0 Å². The Kier molecular flexibility index (Phi) is 4.84. The fourth-order valence-corrected chi connectivity index (χ4v) is 3.70. The van der Waals surface area contributed by atoms with Crippen molar-refractivity contribution in [3.63, 3.8) is 0 Å². The summed E-state index contributed by atoms with van der Waals surface area (Å²) in [4.78, 5) is 13.4. The Labute approximate surface area is 180 Å². The maximum absolute atomic E-state index is 13.4. The van der Waals surface area contributed by atoms with Crippen LogP contribution in [0.2, 0.25) is 0 Å². The van der Waals surface area contributed by atoms with E-state index in [0.29, 0.717) is 11.3 Å². The van der Waals surface area contributed by atoms with Crippen LogP contribution in [-0.4, -0.2) is 18.4 Å². The van der Waals surface area contributed by atoms with Crippen LogP contribution in [0.15, 0.2) is 95.6 Å². The van der Waals surface area contributed by atoms with Crippen LogP contribution >= 0.6 is 0 Å². The third-order valence-corrected chi connectivity index (χ3v) is 5.21. The molecule has 3 aromatic rings. The molecule has 152 valence electrons. The Morgan fingerprint density at radius 2 is 1.65 bits per heavy atom. The number of allylic oxidation sites excluding steroid dienone is 2. The molecule has 5 rings (SSSR count). The number of amides is 1. The Morgan fingerprint density at radius 1 is 0.935 bits per heavy atom. The number of para-hydroxylation sites is 1. The number of anilines is 1. The molecule has 3 aromatic carbocycles. The quantitative estimate of drug-likeness (QED) is 0.550. The van der Waals surface area contributed by atoms with Crippen LogP contribution in [0, 0.1) is 0 Å². The van der Waals surface area contributed by atoms with Gasteiger partial charge in [0.15, 0.2) is 11.5 Å². The summed E-state index contributed by atoms with van der Waals surface area (Å²) in [6.07, 6.45) is 3.94. The predicted octanol–water partition coefficient (Wildman–Crippen LogP) is 5.31. The summed E-state index contributed by atoms with van der Waals surface area (Å²) in [7, 11) is 0. The monoisotopic (exact) mass is 408 g/mol. The third kappa shape index (κ3) is 3.62. The number of carbonyl (C=O) groups is 1. The molecule has 0 saturated carbocycles. The van der Waals surface area contributed by atoms with Gasteiger partial charge < -0.3 is 9.47 Å². The second-order valence-electron chi connectivity index (χ2n) is 7.24. The van der Waals surface area contributed by atoms with E-state index in [0.717, 1.165) is 33.9 Å². The minimum absolute atomic E-state index is 0.141. The molecule has 0 N–H and O–H groups in total. The minimum Gasteiger partial charge on any atom is -0.454 e. The molecule has 0 fully saturated rings. The van der Waals surface area contributed by atoms with Crippen LogP contribution in [0.4, 0.5) is 5.69 Å². The normalized spacial score (nSPS) is 16.7. The number of ether oxygens (including phenoxy) is 2. The molecule has 0 aliphatic carbocycles. The van der Waals surface area contributed by atoms with Crippen LogP contribution in [0.3, 0.4) is 0 Å². The van der Waals surface area contributed by atoms with Gasteiger partial charge in [-0.2, -0.15) is 10.1 Å². The highest BCUT2D eigenvalue weighted by atomic mass is 16.7. The van der Waals surface area contributed by atoms with Crippen molar-refractivity contribution in [2.75, 3.05) is 11.8 Å². The molecule has 0 aromatic heterocycles. The molecule has 0 unspecified atom stereocenters. The number of carbonyl (C=O) groups excluding carboxylic acids is 1. The summed E-state index contributed by atoms with van der Waals surface area (Å²) < 4.78 is 10.9.